The number of fused-ring (bicyclic) bond motifs is 1. The Morgan fingerprint density at radius 1 is 1.17 bits per heavy atom. The van der Waals surface area contributed by atoms with Crippen molar-refractivity contribution < 1.29 is 4.57 Å². The molecule has 1 aromatic heterocycles. The highest BCUT2D eigenvalue weighted by atomic mass is 31.1. The average molecular weight is 175 g/mol. The first kappa shape index (κ1) is 7.38. The summed E-state index contributed by atoms with van der Waals surface area (Å²) >= 11 is 0. The van der Waals surface area contributed by atoms with Gasteiger partial charge >= 0.3 is 0 Å². The third-order valence-electron chi connectivity index (χ3n) is 1.71. The van der Waals surface area contributed by atoms with E-state index in [0.717, 1.165) is 10.8 Å². The van der Waals surface area contributed by atoms with E-state index in [4.69, 9.17) is 0 Å². The van der Waals surface area contributed by atoms with Crippen molar-refractivity contribution in [2.24, 2.45) is 0 Å². The quantitative estimate of drug-likeness (QED) is 0.621. The maximum atomic E-state index is 10.5. The Morgan fingerprint density at radius 2 is 1.92 bits per heavy atom. The molecule has 1 aromatic carbocycles. The van der Waals surface area contributed by atoms with Crippen LogP contribution in [-0.2, 0) is 4.57 Å². The van der Waals surface area contributed by atoms with Crippen molar-refractivity contribution in [3.8, 4) is 0 Å². The lowest BCUT2D eigenvalue weighted by molar-refractivity contribution is 0.602. The van der Waals surface area contributed by atoms with E-state index in [0.29, 0.717) is 5.44 Å². The van der Waals surface area contributed by atoms with Gasteiger partial charge in [0.1, 0.15) is 5.44 Å². The van der Waals surface area contributed by atoms with Gasteiger partial charge in [-0.25, -0.2) is 4.98 Å². The van der Waals surface area contributed by atoms with Gasteiger partial charge in [-0.1, -0.05) is 24.3 Å². The predicted octanol–water partition coefficient (Wildman–Crippen LogP) is 2.15. The summed E-state index contributed by atoms with van der Waals surface area (Å²) in [5.41, 5.74) is 0.578. The number of hydrogen-bond donors (Lipinski definition) is 0. The number of benzene rings is 1. The van der Waals surface area contributed by atoms with Gasteiger partial charge in [0.2, 0.25) is 8.46 Å². The molecule has 0 bridgehead atoms. The molecule has 0 radical (unpaired) electrons. The van der Waals surface area contributed by atoms with Crippen LogP contribution in [0.5, 0.6) is 0 Å². The third kappa shape index (κ3) is 1.21. The Kier molecular flexibility index (Phi) is 1.84. The smallest absolute Gasteiger partial charge is 0.212 e. The van der Waals surface area contributed by atoms with Crippen LogP contribution in [-0.4, -0.2) is 4.98 Å². The second-order valence-electron chi connectivity index (χ2n) is 2.48. The minimum Gasteiger partial charge on any atom is -0.268 e. The van der Waals surface area contributed by atoms with Crippen LogP contribution in [0.25, 0.3) is 10.8 Å². The molecule has 2 nitrogen and oxygen atoms in total. The van der Waals surface area contributed by atoms with E-state index in [-0.39, 0.29) is 8.46 Å². The number of pyridine rings is 1. The van der Waals surface area contributed by atoms with Crippen LogP contribution in [0.1, 0.15) is 0 Å². The van der Waals surface area contributed by atoms with Gasteiger partial charge in [0, 0.05) is 11.6 Å². The van der Waals surface area contributed by atoms with Crippen molar-refractivity contribution in [1.29, 1.82) is 0 Å². The van der Waals surface area contributed by atoms with E-state index in [1.165, 1.54) is 0 Å². The molecule has 0 saturated heterocycles. The zero-order chi connectivity index (χ0) is 8.39. The molecule has 2 rings (SSSR count). The van der Waals surface area contributed by atoms with Crippen molar-refractivity contribution in [3.63, 3.8) is 0 Å². The fourth-order valence-corrected chi connectivity index (χ4v) is 1.42. The molecule has 0 saturated carbocycles. The molecular weight excluding hydrogens is 169 g/mol. The Balaban J connectivity index is 2.75. The molecule has 0 N–H and O–H groups in total. The summed E-state index contributed by atoms with van der Waals surface area (Å²) in [7, 11) is -0.0226. The van der Waals surface area contributed by atoms with Crippen LogP contribution < -0.4 is 5.44 Å². The monoisotopic (exact) mass is 175 g/mol. The maximum Gasteiger partial charge on any atom is 0.212 e. The molecule has 0 spiro atoms. The van der Waals surface area contributed by atoms with E-state index in [1.807, 2.05) is 30.3 Å². The zero-order valence-corrected chi connectivity index (χ0v) is 7.16. The molecular formula is C9H6NOP. The Morgan fingerprint density at radius 3 is 2.67 bits per heavy atom. The van der Waals surface area contributed by atoms with Gasteiger partial charge in [-0.2, -0.15) is 0 Å². The zero-order valence-electron chi connectivity index (χ0n) is 6.27. The molecule has 1 heterocycles. The summed E-state index contributed by atoms with van der Waals surface area (Å²) in [6.07, 6.45) is 1.73. The minimum absolute atomic E-state index is 0.0226. The van der Waals surface area contributed by atoms with Crippen LogP contribution in [0.3, 0.4) is 0 Å². The topological polar surface area (TPSA) is 30.0 Å². The summed E-state index contributed by atoms with van der Waals surface area (Å²) in [6, 6.07) is 9.69. The van der Waals surface area contributed by atoms with Gasteiger partial charge < -0.3 is 0 Å². The van der Waals surface area contributed by atoms with Gasteiger partial charge in [-0.05, 0) is 11.5 Å². The van der Waals surface area contributed by atoms with Gasteiger partial charge in [0.25, 0.3) is 0 Å². The van der Waals surface area contributed by atoms with Crippen LogP contribution in [0, 0.1) is 0 Å². The predicted molar refractivity (Wildman–Crippen MR) is 49.0 cm³/mol. The lowest BCUT2D eigenvalue weighted by atomic mass is 10.2. The minimum atomic E-state index is -0.0226. The second-order valence-corrected chi connectivity index (χ2v) is 3.12. The fourth-order valence-electron chi connectivity index (χ4n) is 1.12. The van der Waals surface area contributed by atoms with E-state index >= 15 is 0 Å². The van der Waals surface area contributed by atoms with Crippen molar-refractivity contribution in [3.05, 3.63) is 36.5 Å². The van der Waals surface area contributed by atoms with E-state index in [1.54, 1.807) is 6.20 Å². The molecule has 12 heavy (non-hydrogen) atoms. The van der Waals surface area contributed by atoms with Crippen LogP contribution in [0.4, 0.5) is 0 Å². The van der Waals surface area contributed by atoms with Crippen LogP contribution >= 0.6 is 8.46 Å². The first-order valence-corrected chi connectivity index (χ1v) is 4.39. The van der Waals surface area contributed by atoms with Crippen molar-refractivity contribution >= 4 is 24.7 Å². The SMILES string of the molecule is O=Pc1cc2ccccc2cn1. The third-order valence-corrected chi connectivity index (χ3v) is 2.14. The van der Waals surface area contributed by atoms with Gasteiger partial charge in [0.05, 0.1) is 0 Å². The highest BCUT2D eigenvalue weighted by molar-refractivity contribution is 7.33. The van der Waals surface area contributed by atoms with Crippen molar-refractivity contribution in [2.75, 3.05) is 0 Å². The lowest BCUT2D eigenvalue weighted by Crippen LogP contribution is -1.96. The second kappa shape index (κ2) is 3.00. The fraction of sp³-hybridized carbons (Fsp3) is 0. The van der Waals surface area contributed by atoms with Gasteiger partial charge in [0.15, 0.2) is 0 Å². The highest BCUT2D eigenvalue weighted by Crippen LogP contribution is 2.10. The van der Waals surface area contributed by atoms with Crippen molar-refractivity contribution in [1.82, 2.24) is 4.98 Å². The molecule has 0 aliphatic heterocycles. The summed E-state index contributed by atoms with van der Waals surface area (Å²) in [5.74, 6) is 0. The summed E-state index contributed by atoms with van der Waals surface area (Å²) in [5, 5.41) is 2.15. The van der Waals surface area contributed by atoms with Crippen LogP contribution in [0.2, 0.25) is 0 Å². The number of hydrogen-bond acceptors (Lipinski definition) is 2. The number of aromatic nitrogens is 1. The molecule has 2 aromatic rings. The molecule has 0 aliphatic carbocycles. The molecule has 3 heteroatoms. The number of nitrogens with zero attached hydrogens (tertiary/aromatic N) is 1. The highest BCUT2D eigenvalue weighted by Gasteiger charge is 1.95. The van der Waals surface area contributed by atoms with Crippen LogP contribution in [0.15, 0.2) is 36.5 Å². The Bertz CT molecular complexity index is 428. The standard InChI is InChI=1S/C9H6NOP/c11-12-9-5-7-3-1-2-4-8(7)6-10-9/h1-6H. The molecule has 0 fully saturated rings. The Hall–Kier alpha value is -1.27. The van der Waals surface area contributed by atoms with E-state index in [2.05, 4.69) is 4.98 Å². The first-order chi connectivity index (χ1) is 5.90. The molecule has 0 unspecified atom stereocenters. The first-order valence-electron chi connectivity index (χ1n) is 3.58. The molecule has 0 aliphatic rings. The molecule has 0 atom stereocenters. The van der Waals surface area contributed by atoms with E-state index < -0.39 is 0 Å². The molecule has 58 valence electrons. The van der Waals surface area contributed by atoms with Crippen molar-refractivity contribution in [2.45, 2.75) is 0 Å². The van der Waals surface area contributed by atoms with Gasteiger partial charge in [-0.3, -0.25) is 4.57 Å². The maximum absolute atomic E-state index is 10.5. The summed E-state index contributed by atoms with van der Waals surface area (Å²) in [4.78, 5) is 4.00. The average Bonchev–Trinajstić information content (AvgIpc) is 2.17. The summed E-state index contributed by atoms with van der Waals surface area (Å²) < 4.78 is 10.5. The molecule has 0 amide bonds. The summed E-state index contributed by atoms with van der Waals surface area (Å²) in [6.45, 7) is 0. The normalized spacial score (nSPS) is 10.7. The lowest BCUT2D eigenvalue weighted by Gasteiger charge is -1.94. The largest absolute Gasteiger partial charge is 0.268 e. The Labute approximate surface area is 71.5 Å². The number of rotatable bonds is 1. The van der Waals surface area contributed by atoms with E-state index in [9.17, 15) is 4.57 Å². The van der Waals surface area contributed by atoms with Gasteiger partial charge in [-0.15, -0.1) is 0 Å².